The van der Waals surface area contributed by atoms with E-state index in [9.17, 15) is 0 Å². The van der Waals surface area contributed by atoms with Crippen molar-refractivity contribution in [1.82, 2.24) is 14.9 Å². The van der Waals surface area contributed by atoms with E-state index in [1.165, 1.54) is 0 Å². The van der Waals surface area contributed by atoms with Crippen LogP contribution in [0.15, 0.2) is 48.5 Å². The van der Waals surface area contributed by atoms with E-state index in [4.69, 9.17) is 20.2 Å². The number of ether oxygens (including phenoxy) is 2. The molecular formula is C22H28N4O2. The first-order chi connectivity index (χ1) is 13.7. The van der Waals surface area contributed by atoms with Crippen LogP contribution in [-0.4, -0.2) is 54.3 Å². The summed E-state index contributed by atoms with van der Waals surface area (Å²) >= 11 is 0. The molecule has 1 atom stereocenters. The highest BCUT2D eigenvalue weighted by atomic mass is 16.5. The minimum Gasteiger partial charge on any atom is -0.492 e. The monoisotopic (exact) mass is 380 g/mol. The number of nitrogens with zero attached hydrogens (tertiary/aromatic N) is 2. The summed E-state index contributed by atoms with van der Waals surface area (Å²) in [7, 11) is 2.16. The third-order valence-corrected chi connectivity index (χ3v) is 5.20. The quantitative estimate of drug-likeness (QED) is 0.659. The van der Waals surface area contributed by atoms with Gasteiger partial charge in [0, 0.05) is 19.6 Å². The zero-order chi connectivity index (χ0) is 19.3. The molecule has 0 spiro atoms. The van der Waals surface area contributed by atoms with Gasteiger partial charge in [0.1, 0.15) is 24.3 Å². The fraction of sp³-hybridized carbons (Fsp3) is 0.409. The number of aromatic amines is 1. The Balaban J connectivity index is 1.64. The van der Waals surface area contributed by atoms with E-state index in [1.54, 1.807) is 0 Å². The Morgan fingerprint density at radius 3 is 2.79 bits per heavy atom. The second kappa shape index (κ2) is 8.73. The Labute approximate surface area is 165 Å². The average molecular weight is 380 g/mol. The highest BCUT2D eigenvalue weighted by Gasteiger charge is 2.26. The lowest BCUT2D eigenvalue weighted by Crippen LogP contribution is -2.35. The molecule has 1 fully saturated rings. The van der Waals surface area contributed by atoms with Gasteiger partial charge in [0.2, 0.25) is 0 Å². The first-order valence-corrected chi connectivity index (χ1v) is 9.94. The van der Waals surface area contributed by atoms with E-state index >= 15 is 0 Å². The molecule has 0 radical (unpaired) electrons. The standard InChI is InChI=1S/C22H28N4O2/c1-26-12-9-17(10-13-26)28-21(16-5-4-6-18(15-16)27-14-11-23)22-24-19-7-2-3-8-20(19)25-22/h2-8,15,17,21H,9-14,23H2,1H3,(H,24,25). The zero-order valence-electron chi connectivity index (χ0n) is 16.3. The van der Waals surface area contributed by atoms with Crippen LogP contribution in [0.4, 0.5) is 0 Å². The molecule has 2 heterocycles. The van der Waals surface area contributed by atoms with E-state index in [0.29, 0.717) is 13.2 Å². The number of likely N-dealkylation sites (tertiary alicyclic amines) is 1. The molecule has 148 valence electrons. The van der Waals surface area contributed by atoms with Crippen molar-refractivity contribution < 1.29 is 9.47 Å². The molecule has 1 aromatic heterocycles. The molecule has 1 saturated heterocycles. The summed E-state index contributed by atoms with van der Waals surface area (Å²) in [6.07, 6.45) is 2.00. The maximum absolute atomic E-state index is 6.60. The Morgan fingerprint density at radius 1 is 1.18 bits per heavy atom. The Hall–Kier alpha value is -2.41. The van der Waals surface area contributed by atoms with Crippen molar-refractivity contribution >= 4 is 11.0 Å². The first-order valence-electron chi connectivity index (χ1n) is 9.94. The topological polar surface area (TPSA) is 76.4 Å². The number of rotatable bonds is 7. The second-order valence-electron chi connectivity index (χ2n) is 7.37. The predicted octanol–water partition coefficient (Wildman–Crippen LogP) is 3.10. The number of aromatic nitrogens is 2. The SMILES string of the molecule is CN1CCC(OC(c2cccc(OCCN)c2)c2nc3ccccc3[nH]2)CC1. The van der Waals surface area contributed by atoms with Crippen molar-refractivity contribution in [3.8, 4) is 5.75 Å². The summed E-state index contributed by atoms with van der Waals surface area (Å²) in [6.45, 7) is 3.09. The van der Waals surface area contributed by atoms with Gasteiger partial charge in [-0.3, -0.25) is 0 Å². The molecule has 6 heteroatoms. The van der Waals surface area contributed by atoms with Crippen LogP contribution in [0.5, 0.6) is 5.75 Å². The molecule has 0 bridgehead atoms. The number of H-pyrrole nitrogens is 1. The normalized spacial score (nSPS) is 17.1. The van der Waals surface area contributed by atoms with Gasteiger partial charge in [-0.1, -0.05) is 24.3 Å². The van der Waals surface area contributed by atoms with Gasteiger partial charge < -0.3 is 25.1 Å². The Morgan fingerprint density at radius 2 is 2.00 bits per heavy atom. The molecule has 2 aromatic carbocycles. The molecule has 0 amide bonds. The third-order valence-electron chi connectivity index (χ3n) is 5.20. The van der Waals surface area contributed by atoms with E-state index in [0.717, 1.165) is 54.1 Å². The minimum absolute atomic E-state index is 0.211. The van der Waals surface area contributed by atoms with Crippen LogP contribution in [0.25, 0.3) is 11.0 Å². The lowest BCUT2D eigenvalue weighted by atomic mass is 10.1. The Bertz CT molecular complexity index is 869. The van der Waals surface area contributed by atoms with Crippen LogP contribution in [0, 0.1) is 0 Å². The van der Waals surface area contributed by atoms with E-state index in [1.807, 2.05) is 42.5 Å². The third kappa shape index (κ3) is 4.35. The number of benzene rings is 2. The minimum atomic E-state index is -0.262. The maximum atomic E-state index is 6.60. The summed E-state index contributed by atoms with van der Waals surface area (Å²) < 4.78 is 12.3. The number of fused-ring (bicyclic) bond motifs is 1. The van der Waals surface area contributed by atoms with E-state index in [2.05, 4.69) is 23.0 Å². The first kappa shape index (κ1) is 18.9. The summed E-state index contributed by atoms with van der Waals surface area (Å²) in [5.74, 6) is 1.63. The summed E-state index contributed by atoms with van der Waals surface area (Å²) in [4.78, 5) is 10.6. The van der Waals surface area contributed by atoms with Gasteiger partial charge in [-0.15, -0.1) is 0 Å². The summed E-state index contributed by atoms with van der Waals surface area (Å²) in [6, 6.07) is 16.1. The van der Waals surface area contributed by atoms with Crippen molar-refractivity contribution in [2.75, 3.05) is 33.3 Å². The summed E-state index contributed by atoms with van der Waals surface area (Å²) in [5, 5.41) is 0. The molecule has 28 heavy (non-hydrogen) atoms. The molecule has 3 aromatic rings. The van der Waals surface area contributed by atoms with E-state index in [-0.39, 0.29) is 12.2 Å². The second-order valence-corrected chi connectivity index (χ2v) is 7.37. The largest absolute Gasteiger partial charge is 0.492 e. The molecular weight excluding hydrogens is 352 g/mol. The van der Waals surface area contributed by atoms with Crippen LogP contribution < -0.4 is 10.5 Å². The van der Waals surface area contributed by atoms with Gasteiger partial charge in [0.05, 0.1) is 17.1 Å². The lowest BCUT2D eigenvalue weighted by Gasteiger charge is -2.31. The van der Waals surface area contributed by atoms with Crippen molar-refractivity contribution in [1.29, 1.82) is 0 Å². The van der Waals surface area contributed by atoms with Gasteiger partial charge in [0.15, 0.2) is 0 Å². The van der Waals surface area contributed by atoms with Crippen LogP contribution in [0.1, 0.15) is 30.3 Å². The zero-order valence-corrected chi connectivity index (χ0v) is 16.3. The smallest absolute Gasteiger partial charge is 0.141 e. The highest BCUT2D eigenvalue weighted by Crippen LogP contribution is 2.31. The Kier molecular flexibility index (Phi) is 5.90. The summed E-state index contributed by atoms with van der Waals surface area (Å²) in [5.41, 5.74) is 8.58. The number of imidazole rings is 1. The van der Waals surface area contributed by atoms with Crippen LogP contribution in [0.2, 0.25) is 0 Å². The van der Waals surface area contributed by atoms with Gasteiger partial charge in [-0.2, -0.15) is 0 Å². The van der Waals surface area contributed by atoms with E-state index < -0.39 is 0 Å². The molecule has 0 saturated carbocycles. The molecule has 0 aliphatic carbocycles. The van der Waals surface area contributed by atoms with Gasteiger partial charge >= 0.3 is 0 Å². The molecule has 4 rings (SSSR count). The number of nitrogens with one attached hydrogen (secondary N) is 1. The number of hydrogen-bond acceptors (Lipinski definition) is 5. The fourth-order valence-electron chi connectivity index (χ4n) is 3.66. The van der Waals surface area contributed by atoms with Gasteiger partial charge in [-0.05, 0) is 49.7 Å². The number of nitrogens with two attached hydrogens (primary N) is 1. The van der Waals surface area contributed by atoms with Gasteiger partial charge in [-0.25, -0.2) is 4.98 Å². The number of hydrogen-bond donors (Lipinski definition) is 2. The number of piperidine rings is 1. The van der Waals surface area contributed by atoms with Gasteiger partial charge in [0.25, 0.3) is 0 Å². The molecule has 1 aliphatic rings. The average Bonchev–Trinajstić information content (AvgIpc) is 3.16. The van der Waals surface area contributed by atoms with Crippen molar-refractivity contribution in [3.05, 3.63) is 59.9 Å². The van der Waals surface area contributed by atoms with Crippen molar-refractivity contribution in [2.45, 2.75) is 25.0 Å². The van der Waals surface area contributed by atoms with Crippen LogP contribution in [0.3, 0.4) is 0 Å². The molecule has 6 nitrogen and oxygen atoms in total. The van der Waals surface area contributed by atoms with Crippen molar-refractivity contribution in [2.24, 2.45) is 5.73 Å². The number of para-hydroxylation sites is 2. The van der Waals surface area contributed by atoms with Crippen molar-refractivity contribution in [3.63, 3.8) is 0 Å². The van der Waals surface area contributed by atoms with Crippen LogP contribution >= 0.6 is 0 Å². The maximum Gasteiger partial charge on any atom is 0.141 e. The van der Waals surface area contributed by atoms with Crippen LogP contribution in [-0.2, 0) is 4.74 Å². The lowest BCUT2D eigenvalue weighted by molar-refractivity contribution is -0.0264. The molecule has 3 N–H and O–H groups in total. The highest BCUT2D eigenvalue weighted by molar-refractivity contribution is 5.74. The molecule has 1 unspecified atom stereocenters. The predicted molar refractivity (Wildman–Crippen MR) is 111 cm³/mol. The fourth-order valence-corrected chi connectivity index (χ4v) is 3.66. The molecule has 1 aliphatic heterocycles.